The molecule has 0 aromatic heterocycles. The highest BCUT2D eigenvalue weighted by Crippen LogP contribution is 2.45. The first-order chi connectivity index (χ1) is 13.3. The second-order valence-corrected chi connectivity index (χ2v) is 8.56. The van der Waals surface area contributed by atoms with Crippen molar-refractivity contribution in [2.75, 3.05) is 12.0 Å². The van der Waals surface area contributed by atoms with Crippen LogP contribution in [0.4, 0.5) is 10.5 Å². The van der Waals surface area contributed by atoms with Crippen molar-refractivity contribution in [3.63, 3.8) is 0 Å². The van der Waals surface area contributed by atoms with E-state index >= 15 is 0 Å². The number of imide groups is 1. The van der Waals surface area contributed by atoms with Gasteiger partial charge in [0.2, 0.25) is 0 Å². The molecule has 28 heavy (non-hydrogen) atoms. The SMILES string of the molecule is CCC(C)(C)C1CCC2(CC1)NC(=O)N(CC(=O)NNc1ccccc1)C2=O. The molecule has 3 rings (SSSR count). The molecule has 0 radical (unpaired) electrons. The molecule has 3 N–H and O–H groups in total. The Kier molecular flexibility index (Phi) is 5.63. The minimum Gasteiger partial charge on any atom is -0.323 e. The average molecular weight is 386 g/mol. The molecule has 2 aliphatic rings. The molecule has 0 atom stereocenters. The second-order valence-electron chi connectivity index (χ2n) is 8.56. The molecule has 1 aliphatic carbocycles. The van der Waals surface area contributed by atoms with E-state index in [1.807, 2.05) is 18.2 Å². The summed E-state index contributed by atoms with van der Waals surface area (Å²) in [6.45, 7) is 6.43. The highest BCUT2D eigenvalue weighted by molar-refractivity contribution is 6.09. The molecule has 1 spiro atoms. The van der Waals surface area contributed by atoms with Gasteiger partial charge in [0.15, 0.2) is 0 Å². The number of urea groups is 1. The maximum atomic E-state index is 13.0. The fourth-order valence-corrected chi connectivity index (χ4v) is 4.19. The van der Waals surface area contributed by atoms with Crippen LogP contribution in [0.3, 0.4) is 0 Å². The van der Waals surface area contributed by atoms with Crippen molar-refractivity contribution in [2.24, 2.45) is 11.3 Å². The number of nitrogens with one attached hydrogen (secondary N) is 3. The Bertz CT molecular complexity index is 739. The summed E-state index contributed by atoms with van der Waals surface area (Å²) in [5, 5.41) is 2.88. The third-order valence-corrected chi connectivity index (χ3v) is 6.52. The van der Waals surface area contributed by atoms with Gasteiger partial charge in [0.05, 0.1) is 5.69 Å². The summed E-state index contributed by atoms with van der Waals surface area (Å²) in [5.41, 5.74) is 5.42. The Morgan fingerprint density at radius 2 is 1.86 bits per heavy atom. The summed E-state index contributed by atoms with van der Waals surface area (Å²) in [4.78, 5) is 38.6. The lowest BCUT2D eigenvalue weighted by molar-refractivity contribution is -0.136. The molecule has 1 saturated heterocycles. The Morgan fingerprint density at radius 1 is 1.21 bits per heavy atom. The number of benzene rings is 1. The average Bonchev–Trinajstić information content (AvgIpc) is 2.91. The van der Waals surface area contributed by atoms with E-state index in [2.05, 4.69) is 36.9 Å². The van der Waals surface area contributed by atoms with Crippen molar-refractivity contribution in [1.29, 1.82) is 0 Å². The molecule has 0 unspecified atom stereocenters. The van der Waals surface area contributed by atoms with Crippen LogP contribution in [0, 0.1) is 11.3 Å². The van der Waals surface area contributed by atoms with Crippen LogP contribution < -0.4 is 16.2 Å². The fraction of sp³-hybridized carbons (Fsp3) is 0.571. The van der Waals surface area contributed by atoms with Crippen LogP contribution in [0.5, 0.6) is 0 Å². The van der Waals surface area contributed by atoms with E-state index in [1.54, 1.807) is 12.1 Å². The number of para-hydroxylation sites is 1. The molecule has 7 nitrogen and oxygen atoms in total. The number of hydrogen-bond donors (Lipinski definition) is 3. The smallest absolute Gasteiger partial charge is 0.323 e. The topological polar surface area (TPSA) is 90.5 Å². The van der Waals surface area contributed by atoms with E-state index in [0.29, 0.717) is 18.8 Å². The Hall–Kier alpha value is -2.57. The van der Waals surface area contributed by atoms with E-state index in [9.17, 15) is 14.4 Å². The van der Waals surface area contributed by atoms with Gasteiger partial charge in [-0.05, 0) is 49.1 Å². The Labute approximate surface area is 166 Å². The summed E-state index contributed by atoms with van der Waals surface area (Å²) < 4.78 is 0. The largest absolute Gasteiger partial charge is 0.325 e. The second kappa shape index (κ2) is 7.81. The molecular formula is C21H30N4O3. The Morgan fingerprint density at radius 3 is 2.46 bits per heavy atom. The molecule has 4 amide bonds. The molecule has 7 heteroatoms. The summed E-state index contributed by atoms with van der Waals surface area (Å²) in [6, 6.07) is 8.68. The first-order valence-corrected chi connectivity index (χ1v) is 10.0. The van der Waals surface area contributed by atoms with Gasteiger partial charge in [-0.15, -0.1) is 0 Å². The predicted molar refractivity (Wildman–Crippen MR) is 107 cm³/mol. The van der Waals surface area contributed by atoms with Crippen LogP contribution in [-0.2, 0) is 9.59 Å². The number of carbonyl (C=O) groups is 3. The number of rotatable bonds is 6. The lowest BCUT2D eigenvalue weighted by atomic mass is 9.65. The number of anilines is 1. The highest BCUT2D eigenvalue weighted by Gasteiger charge is 2.53. The van der Waals surface area contributed by atoms with Crippen molar-refractivity contribution in [1.82, 2.24) is 15.6 Å². The van der Waals surface area contributed by atoms with E-state index in [0.717, 1.165) is 29.8 Å². The highest BCUT2D eigenvalue weighted by atomic mass is 16.2. The lowest BCUT2D eigenvalue weighted by Crippen LogP contribution is -2.51. The van der Waals surface area contributed by atoms with Gasteiger partial charge in [0, 0.05) is 0 Å². The van der Waals surface area contributed by atoms with Gasteiger partial charge in [-0.1, -0.05) is 45.4 Å². The predicted octanol–water partition coefficient (Wildman–Crippen LogP) is 3.05. The molecule has 2 fully saturated rings. The molecule has 1 aromatic rings. The number of nitrogens with zero attached hydrogens (tertiary/aromatic N) is 1. The zero-order valence-corrected chi connectivity index (χ0v) is 16.9. The minimum absolute atomic E-state index is 0.232. The van der Waals surface area contributed by atoms with Crippen molar-refractivity contribution >= 4 is 23.5 Å². The number of amides is 4. The molecule has 1 aromatic carbocycles. The van der Waals surface area contributed by atoms with Gasteiger partial charge >= 0.3 is 6.03 Å². The van der Waals surface area contributed by atoms with Gasteiger partial charge in [0.25, 0.3) is 11.8 Å². The van der Waals surface area contributed by atoms with Crippen molar-refractivity contribution in [2.45, 2.75) is 58.4 Å². The maximum absolute atomic E-state index is 13.0. The Balaban J connectivity index is 1.57. The number of carbonyl (C=O) groups excluding carboxylic acids is 3. The normalized spacial score (nSPS) is 25.0. The molecule has 1 heterocycles. The van der Waals surface area contributed by atoms with Crippen molar-refractivity contribution in [3.05, 3.63) is 30.3 Å². The molecular weight excluding hydrogens is 356 g/mol. The number of hydrogen-bond acceptors (Lipinski definition) is 4. The maximum Gasteiger partial charge on any atom is 0.325 e. The van der Waals surface area contributed by atoms with Crippen LogP contribution >= 0.6 is 0 Å². The van der Waals surface area contributed by atoms with E-state index < -0.39 is 17.5 Å². The summed E-state index contributed by atoms with van der Waals surface area (Å²) in [7, 11) is 0. The molecule has 0 bridgehead atoms. The first kappa shape index (κ1) is 20.2. The third-order valence-electron chi connectivity index (χ3n) is 6.52. The monoisotopic (exact) mass is 386 g/mol. The summed E-state index contributed by atoms with van der Waals surface area (Å²) in [6.07, 6.45) is 4.16. The van der Waals surface area contributed by atoms with E-state index in [4.69, 9.17) is 0 Å². The van der Waals surface area contributed by atoms with Gasteiger partial charge in [-0.3, -0.25) is 25.3 Å². The van der Waals surface area contributed by atoms with E-state index in [1.165, 1.54) is 0 Å². The van der Waals surface area contributed by atoms with Crippen LogP contribution in [-0.4, -0.2) is 34.8 Å². The van der Waals surface area contributed by atoms with Crippen LogP contribution in [0.1, 0.15) is 52.9 Å². The fourth-order valence-electron chi connectivity index (χ4n) is 4.19. The van der Waals surface area contributed by atoms with Crippen molar-refractivity contribution < 1.29 is 14.4 Å². The molecule has 1 aliphatic heterocycles. The van der Waals surface area contributed by atoms with Crippen LogP contribution in [0.2, 0.25) is 0 Å². The summed E-state index contributed by atoms with van der Waals surface area (Å²) in [5.74, 6) is -0.175. The van der Waals surface area contributed by atoms with Gasteiger partial charge in [0.1, 0.15) is 12.1 Å². The zero-order chi connectivity index (χ0) is 20.4. The number of hydrazine groups is 1. The first-order valence-electron chi connectivity index (χ1n) is 10.0. The van der Waals surface area contributed by atoms with Crippen LogP contribution in [0.15, 0.2) is 30.3 Å². The van der Waals surface area contributed by atoms with Crippen molar-refractivity contribution in [3.8, 4) is 0 Å². The van der Waals surface area contributed by atoms with Gasteiger partial charge in [-0.2, -0.15) is 0 Å². The van der Waals surface area contributed by atoms with Crippen LogP contribution in [0.25, 0.3) is 0 Å². The minimum atomic E-state index is -0.843. The van der Waals surface area contributed by atoms with Gasteiger partial charge < -0.3 is 5.32 Å². The standard InChI is InChI=1S/C21H30N4O3/c1-4-20(2,3)15-10-12-21(13-11-15)18(27)25(19(28)22-21)14-17(26)24-23-16-8-6-5-7-9-16/h5-9,15,23H,4,10-14H2,1-3H3,(H,22,28)(H,24,26). The summed E-state index contributed by atoms with van der Waals surface area (Å²) >= 11 is 0. The van der Waals surface area contributed by atoms with E-state index in [-0.39, 0.29) is 17.9 Å². The molecule has 152 valence electrons. The molecule has 1 saturated carbocycles. The zero-order valence-electron chi connectivity index (χ0n) is 16.9. The quantitative estimate of drug-likeness (QED) is 0.518. The third kappa shape index (κ3) is 3.98. The lowest BCUT2D eigenvalue weighted by Gasteiger charge is -2.42. The van der Waals surface area contributed by atoms with Gasteiger partial charge in [-0.25, -0.2) is 4.79 Å².